The quantitative estimate of drug-likeness (QED) is 0.806. The molecule has 3 heteroatoms. The van der Waals surface area contributed by atoms with Crippen LogP contribution in [0.1, 0.15) is 32.8 Å². The van der Waals surface area contributed by atoms with Crippen molar-refractivity contribution in [2.75, 3.05) is 7.11 Å². The molecule has 1 rings (SSSR count). The van der Waals surface area contributed by atoms with Crippen molar-refractivity contribution in [2.45, 2.75) is 39.3 Å². The Balaban J connectivity index is 2.68. The van der Waals surface area contributed by atoms with Crippen LogP contribution in [0.15, 0.2) is 18.2 Å². The third kappa shape index (κ3) is 3.42. The van der Waals surface area contributed by atoms with Crippen LogP contribution in [-0.4, -0.2) is 17.8 Å². The monoisotopic (exact) mass is 223 g/mol. The lowest BCUT2D eigenvalue weighted by atomic mass is 10.0. The molecule has 1 aromatic rings. The Kier molecular flexibility index (Phi) is 4.19. The maximum absolute atomic E-state index is 9.77. The second-order valence-corrected chi connectivity index (χ2v) is 4.59. The molecular formula is C13H21NO2. The lowest BCUT2D eigenvalue weighted by Gasteiger charge is -2.24. The van der Waals surface area contributed by atoms with Crippen molar-refractivity contribution in [3.8, 4) is 11.5 Å². The molecule has 0 aliphatic rings. The summed E-state index contributed by atoms with van der Waals surface area (Å²) in [5.74, 6) is 0.953. The molecule has 0 heterocycles. The molecule has 0 aliphatic heterocycles. The van der Waals surface area contributed by atoms with E-state index in [1.807, 2.05) is 12.1 Å². The third-order valence-electron chi connectivity index (χ3n) is 2.93. The van der Waals surface area contributed by atoms with E-state index in [0.717, 1.165) is 12.0 Å². The predicted octanol–water partition coefficient (Wildman–Crippen LogP) is 2.68. The predicted molar refractivity (Wildman–Crippen MR) is 65.9 cm³/mol. The van der Waals surface area contributed by atoms with E-state index >= 15 is 0 Å². The van der Waals surface area contributed by atoms with Crippen LogP contribution in [-0.2, 0) is 6.54 Å². The summed E-state index contributed by atoms with van der Waals surface area (Å²) in [6, 6.07) is 5.37. The van der Waals surface area contributed by atoms with Gasteiger partial charge in [-0.1, -0.05) is 13.0 Å². The molecule has 0 spiro atoms. The summed E-state index contributed by atoms with van der Waals surface area (Å²) in [6.45, 7) is 7.10. The molecule has 90 valence electrons. The van der Waals surface area contributed by atoms with Crippen LogP contribution in [0.4, 0.5) is 0 Å². The molecule has 1 aromatic carbocycles. The summed E-state index contributed by atoms with van der Waals surface area (Å²) in [6.07, 6.45) is 1.05. The largest absolute Gasteiger partial charge is 0.507 e. The number of phenols is 1. The Hall–Kier alpha value is -1.22. The maximum Gasteiger partial charge on any atom is 0.123 e. The van der Waals surface area contributed by atoms with Gasteiger partial charge in [0.05, 0.1) is 7.11 Å². The van der Waals surface area contributed by atoms with Crippen LogP contribution in [0.5, 0.6) is 11.5 Å². The van der Waals surface area contributed by atoms with Crippen LogP contribution in [0, 0.1) is 0 Å². The molecule has 0 bridgehead atoms. The number of hydrogen-bond donors (Lipinski definition) is 2. The number of rotatable bonds is 5. The Labute approximate surface area is 97.4 Å². The number of methoxy groups -OCH3 is 1. The van der Waals surface area contributed by atoms with E-state index in [0.29, 0.717) is 12.3 Å². The molecule has 2 N–H and O–H groups in total. The molecule has 0 saturated heterocycles. The first-order chi connectivity index (χ1) is 7.48. The zero-order valence-electron chi connectivity index (χ0n) is 10.5. The Morgan fingerprint density at radius 3 is 2.56 bits per heavy atom. The van der Waals surface area contributed by atoms with Crippen molar-refractivity contribution in [1.82, 2.24) is 5.32 Å². The van der Waals surface area contributed by atoms with Gasteiger partial charge in [0.2, 0.25) is 0 Å². The van der Waals surface area contributed by atoms with Gasteiger partial charge in [-0.25, -0.2) is 0 Å². The van der Waals surface area contributed by atoms with Gasteiger partial charge >= 0.3 is 0 Å². The molecule has 0 amide bonds. The lowest BCUT2D eigenvalue weighted by molar-refractivity contribution is 0.367. The average Bonchev–Trinajstić information content (AvgIpc) is 2.27. The Bertz CT molecular complexity index is 348. The van der Waals surface area contributed by atoms with E-state index in [-0.39, 0.29) is 11.3 Å². The SMILES string of the molecule is CCC(C)(C)NCc1ccc(OC)cc1O. The minimum absolute atomic E-state index is 0.0897. The zero-order valence-corrected chi connectivity index (χ0v) is 10.5. The van der Waals surface area contributed by atoms with E-state index < -0.39 is 0 Å². The van der Waals surface area contributed by atoms with Crippen LogP contribution >= 0.6 is 0 Å². The summed E-state index contributed by atoms with van der Waals surface area (Å²) in [5, 5.41) is 13.2. The number of aromatic hydroxyl groups is 1. The minimum atomic E-state index is 0.0897. The topological polar surface area (TPSA) is 41.5 Å². The molecule has 0 unspecified atom stereocenters. The fraction of sp³-hybridized carbons (Fsp3) is 0.538. The first-order valence-electron chi connectivity index (χ1n) is 5.59. The number of benzene rings is 1. The van der Waals surface area contributed by atoms with E-state index in [1.54, 1.807) is 13.2 Å². The zero-order chi connectivity index (χ0) is 12.2. The van der Waals surface area contributed by atoms with E-state index in [4.69, 9.17) is 4.74 Å². The maximum atomic E-state index is 9.77. The van der Waals surface area contributed by atoms with Crippen molar-refractivity contribution in [3.05, 3.63) is 23.8 Å². The summed E-state index contributed by atoms with van der Waals surface area (Å²) >= 11 is 0. The summed E-state index contributed by atoms with van der Waals surface area (Å²) in [5.41, 5.74) is 0.981. The molecule has 0 aromatic heterocycles. The molecule has 0 aliphatic carbocycles. The second-order valence-electron chi connectivity index (χ2n) is 4.59. The van der Waals surface area contributed by atoms with Crippen molar-refractivity contribution < 1.29 is 9.84 Å². The van der Waals surface area contributed by atoms with Gasteiger partial charge < -0.3 is 15.2 Å². The number of phenolic OH excluding ortho intramolecular Hbond substituents is 1. The third-order valence-corrected chi connectivity index (χ3v) is 2.93. The van der Waals surface area contributed by atoms with E-state index in [1.165, 1.54) is 0 Å². The molecule has 0 radical (unpaired) electrons. The highest BCUT2D eigenvalue weighted by Crippen LogP contribution is 2.23. The normalized spacial score (nSPS) is 11.5. The van der Waals surface area contributed by atoms with Gasteiger partial charge in [-0.15, -0.1) is 0 Å². The Morgan fingerprint density at radius 1 is 1.38 bits per heavy atom. The molecule has 0 atom stereocenters. The highest BCUT2D eigenvalue weighted by atomic mass is 16.5. The first-order valence-corrected chi connectivity index (χ1v) is 5.59. The fourth-order valence-electron chi connectivity index (χ4n) is 1.28. The number of hydrogen-bond acceptors (Lipinski definition) is 3. The second kappa shape index (κ2) is 5.21. The van der Waals surface area contributed by atoms with Crippen LogP contribution < -0.4 is 10.1 Å². The summed E-state index contributed by atoms with van der Waals surface area (Å²) in [7, 11) is 1.59. The van der Waals surface area contributed by atoms with E-state index in [2.05, 4.69) is 26.1 Å². The highest BCUT2D eigenvalue weighted by Gasteiger charge is 2.14. The van der Waals surface area contributed by atoms with Gasteiger partial charge in [-0.3, -0.25) is 0 Å². The van der Waals surface area contributed by atoms with Gasteiger partial charge in [-0.05, 0) is 26.3 Å². The van der Waals surface area contributed by atoms with Gasteiger partial charge in [-0.2, -0.15) is 0 Å². The summed E-state index contributed by atoms with van der Waals surface area (Å²) < 4.78 is 5.04. The smallest absolute Gasteiger partial charge is 0.123 e. The lowest BCUT2D eigenvalue weighted by Crippen LogP contribution is -2.37. The van der Waals surface area contributed by atoms with Crippen molar-refractivity contribution in [1.29, 1.82) is 0 Å². The molecule has 0 fully saturated rings. The molecule has 16 heavy (non-hydrogen) atoms. The Morgan fingerprint density at radius 2 is 2.06 bits per heavy atom. The summed E-state index contributed by atoms with van der Waals surface area (Å²) in [4.78, 5) is 0. The van der Waals surface area contributed by atoms with Crippen molar-refractivity contribution >= 4 is 0 Å². The minimum Gasteiger partial charge on any atom is -0.507 e. The van der Waals surface area contributed by atoms with Gasteiger partial charge in [0.1, 0.15) is 11.5 Å². The van der Waals surface area contributed by atoms with Gasteiger partial charge in [0.25, 0.3) is 0 Å². The highest BCUT2D eigenvalue weighted by molar-refractivity contribution is 5.39. The van der Waals surface area contributed by atoms with Crippen LogP contribution in [0.2, 0.25) is 0 Å². The van der Waals surface area contributed by atoms with Crippen molar-refractivity contribution in [2.24, 2.45) is 0 Å². The number of ether oxygens (including phenoxy) is 1. The standard InChI is InChI=1S/C13H21NO2/c1-5-13(2,3)14-9-10-6-7-11(16-4)8-12(10)15/h6-8,14-15H,5,9H2,1-4H3. The van der Waals surface area contributed by atoms with Crippen molar-refractivity contribution in [3.63, 3.8) is 0 Å². The first kappa shape index (κ1) is 12.8. The fourth-order valence-corrected chi connectivity index (χ4v) is 1.28. The number of nitrogens with one attached hydrogen (secondary N) is 1. The van der Waals surface area contributed by atoms with Crippen LogP contribution in [0.3, 0.4) is 0 Å². The average molecular weight is 223 g/mol. The van der Waals surface area contributed by atoms with Gasteiger partial charge in [0.15, 0.2) is 0 Å². The molecule has 3 nitrogen and oxygen atoms in total. The molecule has 0 saturated carbocycles. The van der Waals surface area contributed by atoms with Crippen LogP contribution in [0.25, 0.3) is 0 Å². The molecular weight excluding hydrogens is 202 g/mol. The van der Waals surface area contributed by atoms with Gasteiger partial charge in [0, 0.05) is 23.7 Å². The van der Waals surface area contributed by atoms with E-state index in [9.17, 15) is 5.11 Å².